The minimum atomic E-state index is -4.89. The van der Waals surface area contributed by atoms with Gasteiger partial charge >= 0.3 is 6.18 Å². The maximum atomic E-state index is 14.6. The Balaban J connectivity index is 1.86. The lowest BCUT2D eigenvalue weighted by Crippen LogP contribution is -2.02. The van der Waals surface area contributed by atoms with Crippen molar-refractivity contribution in [3.05, 3.63) is 94.3 Å². The Labute approximate surface area is 181 Å². The molecule has 0 heterocycles. The molecule has 0 aliphatic rings. The lowest BCUT2D eigenvalue weighted by Gasteiger charge is -2.07. The van der Waals surface area contributed by atoms with E-state index in [9.17, 15) is 26.3 Å². The lowest BCUT2D eigenvalue weighted by molar-refractivity contribution is -0.0696. The minimum absolute atomic E-state index is 0.118. The summed E-state index contributed by atoms with van der Waals surface area (Å²) in [6, 6.07) is 13.1. The van der Waals surface area contributed by atoms with Crippen LogP contribution < -0.4 is 0 Å². The van der Waals surface area contributed by atoms with Gasteiger partial charge in [-0.15, -0.1) is 0 Å². The molecule has 0 unspecified atom stereocenters. The van der Waals surface area contributed by atoms with Crippen LogP contribution in [-0.2, 0) is 6.42 Å². The predicted molar refractivity (Wildman–Crippen MR) is 111 cm³/mol. The van der Waals surface area contributed by atoms with Crippen molar-refractivity contribution in [3.8, 4) is 34.8 Å². The molecule has 0 aliphatic carbocycles. The zero-order valence-corrected chi connectivity index (χ0v) is 16.9. The summed E-state index contributed by atoms with van der Waals surface area (Å²) in [4.78, 5) is 0. The molecule has 0 saturated heterocycles. The molecule has 0 amide bonds. The Bertz CT molecular complexity index is 1220. The molecule has 3 aromatic rings. The van der Waals surface area contributed by atoms with Crippen molar-refractivity contribution >= 4 is 0 Å². The van der Waals surface area contributed by atoms with Gasteiger partial charge in [-0.3, -0.25) is 0 Å². The molecule has 0 fully saturated rings. The van der Waals surface area contributed by atoms with E-state index < -0.39 is 29.2 Å². The molecular formula is C26H16F6. The summed E-state index contributed by atoms with van der Waals surface area (Å²) in [5.41, 5.74) is 1.00. The first-order valence-electron chi connectivity index (χ1n) is 9.66. The van der Waals surface area contributed by atoms with E-state index in [-0.39, 0.29) is 11.1 Å². The summed E-state index contributed by atoms with van der Waals surface area (Å²) >= 11 is 0. The van der Waals surface area contributed by atoms with E-state index >= 15 is 0 Å². The van der Waals surface area contributed by atoms with E-state index in [1.807, 2.05) is 24.3 Å². The van der Waals surface area contributed by atoms with Crippen molar-refractivity contribution in [2.24, 2.45) is 0 Å². The summed E-state index contributed by atoms with van der Waals surface area (Å²) < 4.78 is 79.3. The third kappa shape index (κ3) is 5.95. The zero-order valence-electron chi connectivity index (χ0n) is 16.9. The molecule has 0 atom stereocenters. The summed E-state index contributed by atoms with van der Waals surface area (Å²) in [5, 5.41) is 0. The third-order valence-corrected chi connectivity index (χ3v) is 4.50. The average Bonchev–Trinajstić information content (AvgIpc) is 2.72. The Morgan fingerprint density at radius 2 is 1.31 bits per heavy atom. The van der Waals surface area contributed by atoms with Crippen molar-refractivity contribution < 1.29 is 26.3 Å². The second kappa shape index (κ2) is 9.66. The maximum Gasteiger partial charge on any atom is 0.458 e. The van der Waals surface area contributed by atoms with Crippen LogP contribution in [0.5, 0.6) is 0 Å². The van der Waals surface area contributed by atoms with Gasteiger partial charge in [0, 0.05) is 22.6 Å². The van der Waals surface area contributed by atoms with Crippen LogP contribution >= 0.6 is 0 Å². The summed E-state index contributed by atoms with van der Waals surface area (Å²) in [5.74, 6) is 4.60. The number of rotatable bonds is 3. The normalized spacial score (nSPS) is 10.7. The number of halogens is 6. The molecule has 0 saturated carbocycles. The van der Waals surface area contributed by atoms with Crippen molar-refractivity contribution in [1.29, 1.82) is 0 Å². The molecule has 0 N–H and O–H groups in total. The summed E-state index contributed by atoms with van der Waals surface area (Å²) in [7, 11) is 0. The van der Waals surface area contributed by atoms with Gasteiger partial charge in [0.2, 0.25) is 0 Å². The smallest absolute Gasteiger partial charge is 0.206 e. The van der Waals surface area contributed by atoms with E-state index in [1.54, 1.807) is 0 Å². The number of hydrogen-bond acceptors (Lipinski definition) is 0. The molecule has 0 aliphatic heterocycles. The first kappa shape index (κ1) is 23.0. The number of hydrogen-bond donors (Lipinski definition) is 0. The Kier molecular flexibility index (Phi) is 6.95. The molecule has 0 nitrogen and oxygen atoms in total. The van der Waals surface area contributed by atoms with Crippen LogP contribution in [0.4, 0.5) is 26.3 Å². The maximum absolute atomic E-state index is 14.6. The fraction of sp³-hybridized carbons (Fsp3) is 0.154. The van der Waals surface area contributed by atoms with Crippen molar-refractivity contribution in [2.45, 2.75) is 25.9 Å². The van der Waals surface area contributed by atoms with Crippen molar-refractivity contribution in [1.82, 2.24) is 0 Å². The van der Waals surface area contributed by atoms with Gasteiger partial charge < -0.3 is 0 Å². The SMILES string of the molecule is CCCc1ccc(C#Cc2ccc(-c3cc(F)c(C#CC(F)(F)F)c(F)c3)c(F)c2)cc1. The van der Waals surface area contributed by atoms with Gasteiger partial charge in [-0.1, -0.05) is 49.3 Å². The number of alkyl halides is 3. The van der Waals surface area contributed by atoms with Crippen LogP contribution in [0.25, 0.3) is 11.1 Å². The van der Waals surface area contributed by atoms with Gasteiger partial charge in [0.1, 0.15) is 17.5 Å². The fourth-order valence-electron chi connectivity index (χ4n) is 3.00. The van der Waals surface area contributed by atoms with E-state index in [0.29, 0.717) is 5.56 Å². The predicted octanol–water partition coefficient (Wildman–Crippen LogP) is 7.04. The molecule has 3 aromatic carbocycles. The van der Waals surface area contributed by atoms with Gasteiger partial charge in [0.05, 0.1) is 5.56 Å². The zero-order chi connectivity index (χ0) is 23.3. The highest BCUT2D eigenvalue weighted by Crippen LogP contribution is 2.27. The van der Waals surface area contributed by atoms with E-state index in [1.165, 1.54) is 23.6 Å². The van der Waals surface area contributed by atoms with Crippen molar-refractivity contribution in [3.63, 3.8) is 0 Å². The highest BCUT2D eigenvalue weighted by Gasteiger charge is 2.23. The van der Waals surface area contributed by atoms with Gasteiger partial charge in [0.25, 0.3) is 0 Å². The highest BCUT2D eigenvalue weighted by atomic mass is 19.4. The average molecular weight is 442 g/mol. The summed E-state index contributed by atoms with van der Waals surface area (Å²) in [6.45, 7) is 2.09. The van der Waals surface area contributed by atoms with Gasteiger partial charge in [-0.25, -0.2) is 13.2 Å². The molecule has 0 aromatic heterocycles. The molecule has 0 radical (unpaired) electrons. The first-order valence-corrected chi connectivity index (χ1v) is 9.66. The second-order valence-electron chi connectivity index (χ2n) is 6.95. The van der Waals surface area contributed by atoms with Gasteiger partial charge in [-0.2, -0.15) is 13.2 Å². The minimum Gasteiger partial charge on any atom is -0.206 e. The van der Waals surface area contributed by atoms with Crippen LogP contribution in [0.1, 0.15) is 35.6 Å². The Morgan fingerprint density at radius 1 is 0.719 bits per heavy atom. The fourth-order valence-corrected chi connectivity index (χ4v) is 3.00. The number of benzene rings is 3. The molecule has 6 heteroatoms. The third-order valence-electron chi connectivity index (χ3n) is 4.50. The van der Waals surface area contributed by atoms with Crippen LogP contribution in [-0.4, -0.2) is 6.18 Å². The molecular weight excluding hydrogens is 426 g/mol. The second-order valence-corrected chi connectivity index (χ2v) is 6.95. The lowest BCUT2D eigenvalue weighted by atomic mass is 10.0. The standard InChI is InChI=1S/C26H16F6/c1-2-3-17-4-6-18(7-5-17)8-9-19-10-11-21(23(27)14-19)20-15-24(28)22(25(29)16-20)12-13-26(30,31)32/h4-7,10-11,14-16H,2-3H2,1H3. The Hall–Kier alpha value is -3.64. The van der Waals surface area contributed by atoms with E-state index in [4.69, 9.17) is 0 Å². The first-order chi connectivity index (χ1) is 15.2. The molecule has 32 heavy (non-hydrogen) atoms. The van der Waals surface area contributed by atoms with E-state index in [2.05, 4.69) is 18.8 Å². The van der Waals surface area contributed by atoms with Gasteiger partial charge in [0.15, 0.2) is 0 Å². The van der Waals surface area contributed by atoms with Crippen LogP contribution in [0.2, 0.25) is 0 Å². The van der Waals surface area contributed by atoms with Crippen LogP contribution in [0, 0.1) is 41.1 Å². The largest absolute Gasteiger partial charge is 0.458 e. The molecule has 0 spiro atoms. The van der Waals surface area contributed by atoms with Crippen LogP contribution in [0.15, 0.2) is 54.6 Å². The summed E-state index contributed by atoms with van der Waals surface area (Å²) in [6.07, 6.45) is -2.89. The monoisotopic (exact) mass is 442 g/mol. The van der Waals surface area contributed by atoms with Gasteiger partial charge in [-0.05, 0) is 53.9 Å². The number of aryl methyl sites for hydroxylation is 1. The highest BCUT2D eigenvalue weighted by molar-refractivity contribution is 5.67. The Morgan fingerprint density at radius 3 is 1.88 bits per heavy atom. The van der Waals surface area contributed by atoms with Crippen molar-refractivity contribution in [2.75, 3.05) is 0 Å². The van der Waals surface area contributed by atoms with E-state index in [0.717, 1.165) is 42.5 Å². The molecule has 3 rings (SSSR count). The molecule has 0 bridgehead atoms. The topological polar surface area (TPSA) is 0 Å². The van der Waals surface area contributed by atoms with Crippen LogP contribution in [0.3, 0.4) is 0 Å². The molecule has 162 valence electrons. The quantitative estimate of drug-likeness (QED) is 0.302.